The first kappa shape index (κ1) is 15.3. The maximum atomic E-state index is 6.10. The molecule has 0 bridgehead atoms. The molecule has 1 rings (SSSR count). The van der Waals surface area contributed by atoms with Gasteiger partial charge in [-0.25, -0.2) is 0 Å². The van der Waals surface area contributed by atoms with Gasteiger partial charge in [0.15, 0.2) is 0 Å². The van der Waals surface area contributed by atoms with Gasteiger partial charge in [-0.2, -0.15) is 0 Å². The van der Waals surface area contributed by atoms with E-state index in [9.17, 15) is 0 Å². The predicted molar refractivity (Wildman–Crippen MR) is 77.1 cm³/mol. The minimum absolute atomic E-state index is 0.172. The molecule has 1 heterocycles. The minimum atomic E-state index is -2.04. The Morgan fingerprint density at radius 2 is 1.88 bits per heavy atom. The largest absolute Gasteiger partial charge is 0.380 e. The van der Waals surface area contributed by atoms with Gasteiger partial charge >= 0.3 is 8.56 Å². The van der Waals surface area contributed by atoms with Gasteiger partial charge in [0.1, 0.15) is 0 Å². The number of rotatable bonds is 5. The number of hydrogen-bond acceptors (Lipinski definition) is 4. The van der Waals surface area contributed by atoms with Crippen molar-refractivity contribution in [2.75, 3.05) is 33.6 Å². The van der Waals surface area contributed by atoms with Crippen molar-refractivity contribution in [2.24, 2.45) is 0 Å². The van der Waals surface area contributed by atoms with E-state index in [4.69, 9.17) is 8.85 Å². The maximum absolute atomic E-state index is 6.10. The van der Waals surface area contributed by atoms with Gasteiger partial charge < -0.3 is 13.4 Å². The van der Waals surface area contributed by atoms with Crippen molar-refractivity contribution in [3.63, 3.8) is 0 Å². The summed E-state index contributed by atoms with van der Waals surface area (Å²) >= 11 is 0. The van der Waals surface area contributed by atoms with Crippen LogP contribution in [0.1, 0.15) is 27.2 Å². The SMILES string of the molecule is CCN1CO[Si](C)(C(C)(C)CCN(C)[SiH3])OC1. The van der Waals surface area contributed by atoms with Crippen molar-refractivity contribution in [2.45, 2.75) is 38.8 Å². The Bertz CT molecular complexity index is 242. The second-order valence-electron chi connectivity index (χ2n) is 5.92. The molecule has 0 saturated carbocycles. The Kier molecular flexibility index (Phi) is 5.36. The molecular formula is C11H28N2O2Si2. The fraction of sp³-hybridized carbons (Fsp3) is 1.00. The van der Waals surface area contributed by atoms with Crippen LogP contribution in [-0.2, 0) is 8.85 Å². The van der Waals surface area contributed by atoms with E-state index < -0.39 is 8.56 Å². The third-order valence-corrected chi connectivity index (χ3v) is 8.42. The normalized spacial score (nSPS) is 22.2. The summed E-state index contributed by atoms with van der Waals surface area (Å²) in [6, 6.07) is 0. The third kappa shape index (κ3) is 3.87. The van der Waals surface area contributed by atoms with E-state index in [1.807, 2.05) is 0 Å². The van der Waals surface area contributed by atoms with Gasteiger partial charge in [-0.1, -0.05) is 20.8 Å². The molecular weight excluding hydrogens is 248 g/mol. The molecule has 0 amide bonds. The van der Waals surface area contributed by atoms with Crippen molar-refractivity contribution < 1.29 is 8.85 Å². The first-order valence-electron chi connectivity index (χ1n) is 6.46. The molecule has 102 valence electrons. The Morgan fingerprint density at radius 1 is 1.35 bits per heavy atom. The summed E-state index contributed by atoms with van der Waals surface area (Å²) in [4.78, 5) is 2.18. The van der Waals surface area contributed by atoms with E-state index in [0.29, 0.717) is 0 Å². The van der Waals surface area contributed by atoms with Crippen LogP contribution in [0, 0.1) is 0 Å². The molecule has 6 heteroatoms. The highest BCUT2D eigenvalue weighted by Gasteiger charge is 2.49. The van der Waals surface area contributed by atoms with Gasteiger partial charge in [-0.15, -0.1) is 0 Å². The quantitative estimate of drug-likeness (QED) is 0.691. The van der Waals surface area contributed by atoms with Gasteiger partial charge in [-0.05, 0) is 33.1 Å². The second-order valence-corrected chi connectivity index (χ2v) is 11.3. The van der Waals surface area contributed by atoms with E-state index in [-0.39, 0.29) is 5.04 Å². The van der Waals surface area contributed by atoms with Crippen molar-refractivity contribution in [1.82, 2.24) is 9.47 Å². The highest BCUT2D eigenvalue weighted by Crippen LogP contribution is 2.43. The van der Waals surface area contributed by atoms with Crippen LogP contribution in [0.3, 0.4) is 0 Å². The topological polar surface area (TPSA) is 24.9 Å². The smallest absolute Gasteiger partial charge is 0.342 e. The van der Waals surface area contributed by atoms with E-state index >= 15 is 0 Å². The lowest BCUT2D eigenvalue weighted by Crippen LogP contribution is -2.57. The Hall–Kier alpha value is 0.274. The first-order valence-corrected chi connectivity index (χ1v) is 9.67. The minimum Gasteiger partial charge on any atom is -0.380 e. The van der Waals surface area contributed by atoms with Crippen molar-refractivity contribution in [3.8, 4) is 0 Å². The van der Waals surface area contributed by atoms with Gasteiger partial charge in [0.05, 0.1) is 23.9 Å². The van der Waals surface area contributed by atoms with Crippen LogP contribution in [0.25, 0.3) is 0 Å². The highest BCUT2D eigenvalue weighted by atomic mass is 28.4. The summed E-state index contributed by atoms with van der Waals surface area (Å²) < 4.78 is 14.6. The van der Waals surface area contributed by atoms with Crippen LogP contribution in [0.15, 0.2) is 0 Å². The van der Waals surface area contributed by atoms with Gasteiger partial charge in [0.2, 0.25) is 0 Å². The summed E-state index contributed by atoms with van der Waals surface area (Å²) in [6.07, 6.45) is 1.15. The summed E-state index contributed by atoms with van der Waals surface area (Å²) in [7, 11) is 1.26. The first-order chi connectivity index (χ1) is 7.81. The van der Waals surface area contributed by atoms with Crippen LogP contribution in [0.2, 0.25) is 11.6 Å². The van der Waals surface area contributed by atoms with Crippen molar-refractivity contribution in [3.05, 3.63) is 0 Å². The summed E-state index contributed by atoms with van der Waals surface area (Å²) in [5.74, 6) is 0. The molecule has 1 fully saturated rings. The zero-order chi connectivity index (χ0) is 13.1. The molecule has 0 aromatic rings. The molecule has 0 aromatic heterocycles. The van der Waals surface area contributed by atoms with Crippen LogP contribution >= 0.6 is 0 Å². The molecule has 1 aliphatic heterocycles. The standard InChI is InChI=1S/C11H28N2O2Si2/c1-6-13-9-14-17(5,15-10-13)11(2,3)7-8-12(4)16/h6-10H2,1-5,16H3. The monoisotopic (exact) mass is 276 g/mol. The highest BCUT2D eigenvalue weighted by molar-refractivity contribution is 6.69. The fourth-order valence-electron chi connectivity index (χ4n) is 1.81. The molecule has 0 spiro atoms. The van der Waals surface area contributed by atoms with Crippen LogP contribution < -0.4 is 0 Å². The Labute approximate surface area is 110 Å². The van der Waals surface area contributed by atoms with Gasteiger partial charge in [-0.3, -0.25) is 4.90 Å². The zero-order valence-corrected chi connectivity index (χ0v) is 15.2. The van der Waals surface area contributed by atoms with Gasteiger partial charge in [0.25, 0.3) is 0 Å². The van der Waals surface area contributed by atoms with Crippen LogP contribution in [0.4, 0.5) is 0 Å². The van der Waals surface area contributed by atoms with E-state index in [2.05, 4.69) is 43.8 Å². The lowest BCUT2D eigenvalue weighted by molar-refractivity contribution is -0.0380. The number of hydrogen-bond donors (Lipinski definition) is 0. The summed E-state index contributed by atoms with van der Waals surface area (Å²) in [5.41, 5.74) is 0. The van der Waals surface area contributed by atoms with Gasteiger partial charge in [0, 0.05) is 5.04 Å². The molecule has 0 atom stereocenters. The average molecular weight is 277 g/mol. The second kappa shape index (κ2) is 5.94. The van der Waals surface area contributed by atoms with Crippen LogP contribution in [0.5, 0.6) is 0 Å². The fourth-order valence-corrected chi connectivity index (χ4v) is 4.32. The Morgan fingerprint density at radius 3 is 2.29 bits per heavy atom. The molecule has 0 N–H and O–H groups in total. The predicted octanol–water partition coefficient (Wildman–Crippen LogP) is 0.725. The lowest BCUT2D eigenvalue weighted by atomic mass is 10.1. The number of nitrogens with zero attached hydrogens (tertiary/aromatic N) is 2. The molecule has 1 saturated heterocycles. The molecule has 17 heavy (non-hydrogen) atoms. The zero-order valence-electron chi connectivity index (χ0n) is 12.2. The third-order valence-electron chi connectivity index (χ3n) is 3.91. The van der Waals surface area contributed by atoms with Crippen LogP contribution in [-0.4, -0.2) is 62.0 Å². The molecule has 0 radical (unpaired) electrons. The maximum Gasteiger partial charge on any atom is 0.342 e. The summed E-state index contributed by atoms with van der Waals surface area (Å²) in [6.45, 7) is 12.6. The Balaban J connectivity index is 2.57. The molecule has 0 unspecified atom stereocenters. The molecule has 1 aliphatic rings. The van der Waals surface area contributed by atoms with E-state index in [0.717, 1.165) is 43.4 Å². The van der Waals surface area contributed by atoms with Crippen molar-refractivity contribution in [1.29, 1.82) is 0 Å². The van der Waals surface area contributed by atoms with E-state index in [1.165, 1.54) is 0 Å². The summed E-state index contributed by atoms with van der Waals surface area (Å²) in [5, 5.41) is 0.172. The molecule has 0 aliphatic carbocycles. The molecule has 0 aromatic carbocycles. The van der Waals surface area contributed by atoms with Crippen molar-refractivity contribution >= 4 is 19.0 Å². The average Bonchev–Trinajstić information content (AvgIpc) is 2.27. The molecule has 4 nitrogen and oxygen atoms in total. The van der Waals surface area contributed by atoms with E-state index in [1.54, 1.807) is 0 Å². The lowest BCUT2D eigenvalue weighted by Gasteiger charge is -2.46.